The van der Waals surface area contributed by atoms with Gasteiger partial charge in [-0.1, -0.05) is 36.0 Å². The Balaban J connectivity index is 1.73. The summed E-state index contributed by atoms with van der Waals surface area (Å²) in [6, 6.07) is 14.3. The standard InChI is InChI=1S/C20H22FN3OS/c1-4-24-18-11-6-5-10-17(18)22-20(24)26-14(2)19(25)23(3)13-15-8-7-9-16(21)12-15/h5-12,14H,4,13H2,1-3H3. The minimum atomic E-state index is -0.289. The summed E-state index contributed by atoms with van der Waals surface area (Å²) < 4.78 is 15.5. The van der Waals surface area contributed by atoms with Crippen LogP contribution in [-0.4, -0.2) is 32.7 Å². The summed E-state index contributed by atoms with van der Waals surface area (Å²) in [4.78, 5) is 19.0. The van der Waals surface area contributed by atoms with E-state index in [2.05, 4.69) is 16.5 Å². The zero-order valence-electron chi connectivity index (χ0n) is 15.1. The van der Waals surface area contributed by atoms with E-state index >= 15 is 0 Å². The molecule has 0 fully saturated rings. The van der Waals surface area contributed by atoms with Gasteiger partial charge in [0.05, 0.1) is 16.3 Å². The zero-order chi connectivity index (χ0) is 18.7. The van der Waals surface area contributed by atoms with Crippen LogP contribution in [0.4, 0.5) is 4.39 Å². The third kappa shape index (κ3) is 3.90. The largest absolute Gasteiger partial charge is 0.340 e. The number of benzene rings is 2. The molecule has 0 saturated carbocycles. The van der Waals surface area contributed by atoms with Gasteiger partial charge in [0.15, 0.2) is 5.16 Å². The van der Waals surface area contributed by atoms with Crippen LogP contribution < -0.4 is 0 Å². The van der Waals surface area contributed by atoms with Gasteiger partial charge >= 0.3 is 0 Å². The van der Waals surface area contributed by atoms with Gasteiger partial charge in [-0.25, -0.2) is 9.37 Å². The molecule has 0 saturated heterocycles. The fourth-order valence-electron chi connectivity index (χ4n) is 2.95. The van der Waals surface area contributed by atoms with E-state index in [1.807, 2.05) is 37.3 Å². The van der Waals surface area contributed by atoms with Crippen LogP contribution in [-0.2, 0) is 17.9 Å². The Kier molecular flexibility index (Phi) is 5.61. The molecule has 1 unspecified atom stereocenters. The summed E-state index contributed by atoms with van der Waals surface area (Å²) in [5, 5.41) is 0.560. The number of aromatic nitrogens is 2. The van der Waals surface area contributed by atoms with Crippen LogP contribution in [0.15, 0.2) is 53.7 Å². The highest BCUT2D eigenvalue weighted by atomic mass is 32.2. The SMILES string of the molecule is CCn1c(SC(C)C(=O)N(C)Cc2cccc(F)c2)nc2ccccc21. The van der Waals surface area contributed by atoms with E-state index < -0.39 is 0 Å². The molecule has 1 heterocycles. The monoisotopic (exact) mass is 371 g/mol. The number of fused-ring (bicyclic) bond motifs is 1. The quantitative estimate of drug-likeness (QED) is 0.605. The molecular formula is C20H22FN3OS. The summed E-state index contributed by atoms with van der Waals surface area (Å²) in [7, 11) is 1.74. The number of aryl methyl sites for hydroxylation is 1. The summed E-state index contributed by atoms with van der Waals surface area (Å²) >= 11 is 1.46. The van der Waals surface area contributed by atoms with Crippen LogP contribution in [0.3, 0.4) is 0 Å². The highest BCUT2D eigenvalue weighted by molar-refractivity contribution is 8.00. The number of halogens is 1. The maximum atomic E-state index is 13.3. The number of hydrogen-bond acceptors (Lipinski definition) is 3. The van der Waals surface area contributed by atoms with E-state index in [1.54, 1.807) is 18.0 Å². The van der Waals surface area contributed by atoms with Crippen LogP contribution >= 0.6 is 11.8 Å². The van der Waals surface area contributed by atoms with Crippen molar-refractivity contribution < 1.29 is 9.18 Å². The van der Waals surface area contributed by atoms with Gasteiger partial charge in [0.25, 0.3) is 0 Å². The van der Waals surface area contributed by atoms with E-state index in [0.29, 0.717) is 6.54 Å². The van der Waals surface area contributed by atoms with E-state index in [0.717, 1.165) is 28.3 Å². The maximum absolute atomic E-state index is 13.3. The number of amides is 1. The van der Waals surface area contributed by atoms with E-state index in [9.17, 15) is 9.18 Å². The van der Waals surface area contributed by atoms with Crippen LogP contribution in [0.1, 0.15) is 19.4 Å². The summed E-state index contributed by atoms with van der Waals surface area (Å²) in [5.74, 6) is -0.295. The Morgan fingerprint density at radius 3 is 2.77 bits per heavy atom. The smallest absolute Gasteiger partial charge is 0.235 e. The minimum Gasteiger partial charge on any atom is -0.340 e. The van der Waals surface area contributed by atoms with Gasteiger partial charge in [0, 0.05) is 20.1 Å². The van der Waals surface area contributed by atoms with Crippen LogP contribution in [0, 0.1) is 5.82 Å². The first kappa shape index (κ1) is 18.5. The first-order valence-corrected chi connectivity index (χ1v) is 9.49. The van der Waals surface area contributed by atoms with E-state index in [4.69, 9.17) is 0 Å². The second kappa shape index (κ2) is 7.91. The highest BCUT2D eigenvalue weighted by Crippen LogP contribution is 2.28. The molecule has 0 radical (unpaired) electrons. The Bertz CT molecular complexity index is 924. The molecule has 0 aliphatic carbocycles. The van der Waals surface area contributed by atoms with E-state index in [-0.39, 0.29) is 17.0 Å². The van der Waals surface area contributed by atoms with Crippen molar-refractivity contribution in [2.75, 3.05) is 7.05 Å². The molecule has 136 valence electrons. The Hall–Kier alpha value is -2.34. The van der Waals surface area contributed by atoms with Crippen molar-refractivity contribution in [2.24, 2.45) is 0 Å². The minimum absolute atomic E-state index is 0.00558. The second-order valence-electron chi connectivity index (χ2n) is 6.21. The third-order valence-electron chi connectivity index (χ3n) is 4.25. The van der Waals surface area contributed by atoms with Crippen molar-refractivity contribution in [3.63, 3.8) is 0 Å². The van der Waals surface area contributed by atoms with Gasteiger partial charge in [-0.3, -0.25) is 4.79 Å². The maximum Gasteiger partial charge on any atom is 0.235 e. The lowest BCUT2D eigenvalue weighted by molar-refractivity contribution is -0.129. The van der Waals surface area contributed by atoms with Crippen molar-refractivity contribution in [1.29, 1.82) is 0 Å². The summed E-state index contributed by atoms with van der Waals surface area (Å²) in [6.45, 7) is 5.13. The molecule has 4 nitrogen and oxygen atoms in total. The second-order valence-corrected chi connectivity index (χ2v) is 7.52. The zero-order valence-corrected chi connectivity index (χ0v) is 16.0. The lowest BCUT2D eigenvalue weighted by atomic mass is 10.2. The topological polar surface area (TPSA) is 38.1 Å². The van der Waals surface area contributed by atoms with Crippen LogP contribution in [0.2, 0.25) is 0 Å². The van der Waals surface area contributed by atoms with Crippen molar-refractivity contribution in [2.45, 2.75) is 37.3 Å². The summed E-state index contributed by atoms with van der Waals surface area (Å²) in [6.07, 6.45) is 0. The molecule has 0 bridgehead atoms. The van der Waals surface area contributed by atoms with Gasteiger partial charge < -0.3 is 9.47 Å². The number of nitrogens with zero attached hydrogens (tertiary/aromatic N) is 3. The average Bonchev–Trinajstić information content (AvgIpc) is 2.97. The average molecular weight is 371 g/mol. The molecule has 6 heteroatoms. The molecule has 1 aromatic heterocycles. The summed E-state index contributed by atoms with van der Waals surface area (Å²) in [5.41, 5.74) is 2.79. The molecular weight excluding hydrogens is 349 g/mol. The number of carbonyl (C=O) groups excluding carboxylic acids is 1. The van der Waals surface area contributed by atoms with E-state index in [1.165, 1.54) is 23.9 Å². The number of para-hydroxylation sites is 2. The predicted octanol–water partition coefficient (Wildman–Crippen LogP) is 4.33. The number of rotatable bonds is 6. The number of hydrogen-bond donors (Lipinski definition) is 0. The van der Waals surface area contributed by atoms with Gasteiger partial charge in [0.1, 0.15) is 5.82 Å². The molecule has 1 amide bonds. The molecule has 0 N–H and O–H groups in total. The Morgan fingerprint density at radius 1 is 1.27 bits per heavy atom. The fourth-order valence-corrected chi connectivity index (χ4v) is 4.06. The molecule has 3 rings (SSSR count). The van der Waals surface area contributed by atoms with Gasteiger partial charge in [-0.15, -0.1) is 0 Å². The highest BCUT2D eigenvalue weighted by Gasteiger charge is 2.22. The number of imidazole rings is 1. The van der Waals surface area contributed by atoms with Crippen molar-refractivity contribution in [3.8, 4) is 0 Å². The predicted molar refractivity (Wildman–Crippen MR) is 104 cm³/mol. The Morgan fingerprint density at radius 2 is 2.04 bits per heavy atom. The lowest BCUT2D eigenvalue weighted by Gasteiger charge is -2.21. The molecule has 1 atom stereocenters. The van der Waals surface area contributed by atoms with Crippen molar-refractivity contribution in [3.05, 3.63) is 59.9 Å². The molecule has 0 aliphatic rings. The van der Waals surface area contributed by atoms with Gasteiger partial charge in [-0.2, -0.15) is 0 Å². The molecule has 0 aliphatic heterocycles. The van der Waals surface area contributed by atoms with Crippen LogP contribution in [0.25, 0.3) is 11.0 Å². The molecule has 3 aromatic rings. The number of thioether (sulfide) groups is 1. The third-order valence-corrected chi connectivity index (χ3v) is 5.33. The first-order chi connectivity index (χ1) is 12.5. The van der Waals surface area contributed by atoms with Crippen LogP contribution in [0.5, 0.6) is 0 Å². The van der Waals surface area contributed by atoms with Gasteiger partial charge in [-0.05, 0) is 43.7 Å². The molecule has 0 spiro atoms. The van der Waals surface area contributed by atoms with Gasteiger partial charge in [0.2, 0.25) is 5.91 Å². The fraction of sp³-hybridized carbons (Fsp3) is 0.300. The van der Waals surface area contributed by atoms with Crippen molar-refractivity contribution in [1.82, 2.24) is 14.5 Å². The number of carbonyl (C=O) groups is 1. The molecule has 26 heavy (non-hydrogen) atoms. The van der Waals surface area contributed by atoms with Crippen molar-refractivity contribution >= 4 is 28.7 Å². The lowest BCUT2D eigenvalue weighted by Crippen LogP contribution is -2.33. The normalized spacial score (nSPS) is 12.3. The Labute approximate surface area is 157 Å². The molecule has 2 aromatic carbocycles. The first-order valence-electron chi connectivity index (χ1n) is 8.61.